The summed E-state index contributed by atoms with van der Waals surface area (Å²) in [6.45, 7) is 4.77. The van der Waals surface area contributed by atoms with E-state index in [1.165, 1.54) is 32.6 Å². The van der Waals surface area contributed by atoms with E-state index in [0.717, 1.165) is 5.88 Å². The Morgan fingerprint density at radius 3 is 1.82 bits per heavy atom. The molecule has 4 heteroatoms. The van der Waals surface area contributed by atoms with Crippen LogP contribution in [-0.4, -0.2) is 24.1 Å². The van der Waals surface area contributed by atoms with Crippen molar-refractivity contribution in [3.05, 3.63) is 0 Å². The highest BCUT2D eigenvalue weighted by Gasteiger charge is 1.92. The first-order valence-corrected chi connectivity index (χ1v) is 6.84. The minimum absolute atomic E-state index is 0.827. The van der Waals surface area contributed by atoms with E-state index in [2.05, 4.69) is 6.92 Å². The Morgan fingerprint density at radius 2 is 1.73 bits per heavy atom. The second-order valence-electron chi connectivity index (χ2n) is 2.69. The van der Waals surface area contributed by atoms with Gasteiger partial charge in [0.05, 0.1) is 0 Å². The average Bonchev–Trinajstić information content (AvgIpc) is 1.79. The van der Waals surface area contributed by atoms with Gasteiger partial charge in [-0.3, -0.25) is 4.57 Å². The number of hydrogen-bond donors (Lipinski definition) is 1. The SMILES string of the molecule is CCCCCCl.CP(C)(=O)O. The van der Waals surface area contributed by atoms with Crippen molar-refractivity contribution in [3.8, 4) is 0 Å². The van der Waals surface area contributed by atoms with Crippen LogP contribution < -0.4 is 0 Å². The van der Waals surface area contributed by atoms with Crippen LogP contribution in [0.25, 0.3) is 0 Å². The molecule has 0 fully saturated rings. The van der Waals surface area contributed by atoms with Crippen molar-refractivity contribution in [3.63, 3.8) is 0 Å². The molecule has 0 aliphatic carbocycles. The van der Waals surface area contributed by atoms with Crippen molar-refractivity contribution in [2.45, 2.75) is 26.2 Å². The zero-order valence-corrected chi connectivity index (χ0v) is 9.16. The summed E-state index contributed by atoms with van der Waals surface area (Å²) in [6, 6.07) is 0. The molecule has 0 saturated carbocycles. The van der Waals surface area contributed by atoms with Gasteiger partial charge in [-0.2, -0.15) is 0 Å². The summed E-state index contributed by atoms with van der Waals surface area (Å²) in [5, 5.41) is 0. The summed E-state index contributed by atoms with van der Waals surface area (Å²) >= 11 is 5.38. The normalized spacial score (nSPS) is 10.3. The monoisotopic (exact) mass is 200 g/mol. The number of halogens is 1. The van der Waals surface area contributed by atoms with E-state index in [-0.39, 0.29) is 0 Å². The minimum atomic E-state index is -2.64. The molecule has 0 amide bonds. The predicted octanol–water partition coefficient (Wildman–Crippen LogP) is 2.93. The summed E-state index contributed by atoms with van der Waals surface area (Å²) in [5.41, 5.74) is 0. The predicted molar refractivity (Wildman–Crippen MR) is 51.9 cm³/mol. The van der Waals surface area contributed by atoms with Crippen molar-refractivity contribution in [1.82, 2.24) is 0 Å². The molecule has 0 spiro atoms. The molecule has 0 radical (unpaired) electrons. The fourth-order valence-corrected chi connectivity index (χ4v) is 0.533. The van der Waals surface area contributed by atoms with Crippen LogP contribution in [0, 0.1) is 0 Å². The number of alkyl halides is 1. The van der Waals surface area contributed by atoms with Gasteiger partial charge in [0, 0.05) is 19.2 Å². The average molecular weight is 201 g/mol. The maximum Gasteiger partial charge on any atom is 0.194 e. The lowest BCUT2D eigenvalue weighted by atomic mass is 10.3. The van der Waals surface area contributed by atoms with Crippen molar-refractivity contribution in [1.29, 1.82) is 0 Å². The highest BCUT2D eigenvalue weighted by molar-refractivity contribution is 7.56. The molecule has 0 aromatic rings. The first kappa shape index (κ1) is 14.0. The lowest BCUT2D eigenvalue weighted by Gasteiger charge is -1.86. The summed E-state index contributed by atoms with van der Waals surface area (Å²) in [4.78, 5) is 8.08. The molecule has 0 atom stereocenters. The van der Waals surface area contributed by atoms with Crippen LogP contribution >= 0.6 is 19.0 Å². The Labute approximate surface area is 74.4 Å². The van der Waals surface area contributed by atoms with Crippen molar-refractivity contribution in [2.75, 3.05) is 19.2 Å². The molecule has 0 aromatic carbocycles. The first-order valence-electron chi connectivity index (χ1n) is 3.75. The van der Waals surface area contributed by atoms with Crippen LogP contribution in [0.15, 0.2) is 0 Å². The zero-order chi connectivity index (χ0) is 9.33. The van der Waals surface area contributed by atoms with Gasteiger partial charge in [0.15, 0.2) is 7.37 Å². The number of hydrogen-bond acceptors (Lipinski definition) is 1. The van der Waals surface area contributed by atoms with E-state index in [9.17, 15) is 4.57 Å². The van der Waals surface area contributed by atoms with E-state index < -0.39 is 7.37 Å². The fourth-order valence-electron chi connectivity index (χ4n) is 0.344. The van der Waals surface area contributed by atoms with Crippen LogP contribution in [0.2, 0.25) is 0 Å². The summed E-state index contributed by atoms with van der Waals surface area (Å²) in [5.74, 6) is 0.827. The fraction of sp³-hybridized carbons (Fsp3) is 1.00. The van der Waals surface area contributed by atoms with Gasteiger partial charge in [0.1, 0.15) is 0 Å². The zero-order valence-electron chi connectivity index (χ0n) is 7.51. The number of rotatable bonds is 3. The molecule has 0 heterocycles. The third-order valence-electron chi connectivity index (χ3n) is 0.737. The second-order valence-corrected chi connectivity index (χ2v) is 5.66. The van der Waals surface area contributed by atoms with E-state index in [1.807, 2.05) is 0 Å². The van der Waals surface area contributed by atoms with Gasteiger partial charge in [-0.15, -0.1) is 11.6 Å². The topological polar surface area (TPSA) is 37.3 Å². The Bertz CT molecular complexity index is 98.7. The second kappa shape index (κ2) is 8.58. The van der Waals surface area contributed by atoms with E-state index >= 15 is 0 Å². The van der Waals surface area contributed by atoms with Crippen LogP contribution in [0.4, 0.5) is 0 Å². The van der Waals surface area contributed by atoms with Gasteiger partial charge in [-0.25, -0.2) is 0 Å². The van der Waals surface area contributed by atoms with Crippen LogP contribution in [-0.2, 0) is 4.57 Å². The molecule has 70 valence electrons. The lowest BCUT2D eigenvalue weighted by Crippen LogP contribution is -1.70. The summed E-state index contributed by atoms with van der Waals surface area (Å²) in [6.07, 6.45) is 3.73. The molecule has 2 nitrogen and oxygen atoms in total. The smallest absolute Gasteiger partial charge is 0.194 e. The van der Waals surface area contributed by atoms with Crippen LogP contribution in [0.3, 0.4) is 0 Å². The molecule has 11 heavy (non-hydrogen) atoms. The van der Waals surface area contributed by atoms with Gasteiger partial charge in [0.25, 0.3) is 0 Å². The Hall–Kier alpha value is 0.480. The van der Waals surface area contributed by atoms with E-state index in [0.29, 0.717) is 0 Å². The molecule has 1 N–H and O–H groups in total. The molecule has 0 unspecified atom stereocenters. The molecule has 0 aromatic heterocycles. The van der Waals surface area contributed by atoms with Gasteiger partial charge >= 0.3 is 0 Å². The van der Waals surface area contributed by atoms with E-state index in [4.69, 9.17) is 16.5 Å². The summed E-state index contributed by atoms with van der Waals surface area (Å²) in [7, 11) is -2.64. The van der Waals surface area contributed by atoms with Gasteiger partial charge in [0.2, 0.25) is 0 Å². The third kappa shape index (κ3) is 62.2. The lowest BCUT2D eigenvalue weighted by molar-refractivity contribution is 0.492. The molecule has 0 bridgehead atoms. The highest BCUT2D eigenvalue weighted by Crippen LogP contribution is 2.27. The maximum absolute atomic E-state index is 9.77. The molecule has 0 aliphatic rings. The Morgan fingerprint density at radius 1 is 1.36 bits per heavy atom. The van der Waals surface area contributed by atoms with Crippen molar-refractivity contribution < 1.29 is 9.46 Å². The Kier molecular flexibility index (Phi) is 10.9. The molecule has 0 saturated heterocycles. The maximum atomic E-state index is 9.77. The molecule has 0 aliphatic heterocycles. The van der Waals surface area contributed by atoms with Gasteiger partial charge < -0.3 is 4.89 Å². The third-order valence-corrected chi connectivity index (χ3v) is 1.00. The quantitative estimate of drug-likeness (QED) is 0.432. The van der Waals surface area contributed by atoms with Gasteiger partial charge in [-0.1, -0.05) is 19.8 Å². The summed E-state index contributed by atoms with van der Waals surface area (Å²) < 4.78 is 9.77. The number of unbranched alkanes of at least 4 members (excludes halogenated alkanes) is 2. The van der Waals surface area contributed by atoms with Crippen molar-refractivity contribution >= 4 is 19.0 Å². The largest absolute Gasteiger partial charge is 0.345 e. The molecular weight excluding hydrogens is 183 g/mol. The van der Waals surface area contributed by atoms with Crippen molar-refractivity contribution in [2.24, 2.45) is 0 Å². The standard InChI is InChI=1S/C5H11Cl.C2H7O2P/c1-2-3-4-5-6;1-5(2,3)4/h2-5H2,1H3;1-2H3,(H,3,4). The highest BCUT2D eigenvalue weighted by atomic mass is 35.5. The molecular formula is C7H18ClO2P. The van der Waals surface area contributed by atoms with Crippen LogP contribution in [0.1, 0.15) is 26.2 Å². The molecule has 0 rings (SSSR count). The first-order chi connectivity index (χ1) is 4.91. The van der Waals surface area contributed by atoms with Crippen LogP contribution in [0.5, 0.6) is 0 Å². The minimum Gasteiger partial charge on any atom is -0.345 e. The van der Waals surface area contributed by atoms with E-state index in [1.54, 1.807) is 0 Å². The van der Waals surface area contributed by atoms with Gasteiger partial charge in [-0.05, 0) is 6.42 Å². The Balaban J connectivity index is 0.